The van der Waals surface area contributed by atoms with Gasteiger partial charge in [-0.15, -0.1) is 0 Å². The molecule has 0 unspecified atom stereocenters. The molecule has 2 aromatic carbocycles. The largest absolute Gasteiger partial charge is 0.493 e. The summed E-state index contributed by atoms with van der Waals surface area (Å²) in [7, 11) is 0. The summed E-state index contributed by atoms with van der Waals surface area (Å²) in [4.78, 5) is 1.82. The molecule has 1 heterocycles. The first-order chi connectivity index (χ1) is 17.1. The number of halogens is 3. The van der Waals surface area contributed by atoms with Crippen LogP contribution in [0.3, 0.4) is 0 Å². The highest BCUT2D eigenvalue weighted by molar-refractivity contribution is 5.60. The Bertz CT molecular complexity index is 1110. The molecule has 0 aromatic heterocycles. The zero-order valence-corrected chi connectivity index (χ0v) is 20.7. The van der Waals surface area contributed by atoms with E-state index in [-0.39, 0.29) is 5.56 Å². The van der Waals surface area contributed by atoms with Crippen LogP contribution in [-0.2, 0) is 6.18 Å². The first-order valence-corrected chi connectivity index (χ1v) is 12.7. The third kappa shape index (κ3) is 5.73. The van der Waals surface area contributed by atoms with Gasteiger partial charge < -0.3 is 20.5 Å². The van der Waals surface area contributed by atoms with Gasteiger partial charge in [-0.05, 0) is 68.4 Å². The van der Waals surface area contributed by atoms with Crippen molar-refractivity contribution in [1.29, 1.82) is 5.26 Å². The van der Waals surface area contributed by atoms with Gasteiger partial charge in [0.2, 0.25) is 0 Å². The van der Waals surface area contributed by atoms with Crippen LogP contribution in [0.1, 0.15) is 79.5 Å². The normalized spacial score (nSPS) is 18.6. The fraction of sp³-hybridized carbons (Fsp3) is 0.536. The molecule has 36 heavy (non-hydrogen) atoms. The first kappa shape index (κ1) is 26.2. The minimum absolute atomic E-state index is 0.328. The number of nitrogens with two attached hydrogens (primary N) is 1. The molecular weight excluding hydrogens is 467 g/mol. The fourth-order valence-electron chi connectivity index (χ4n) is 5.50. The van der Waals surface area contributed by atoms with Gasteiger partial charge in [-0.1, -0.05) is 25.3 Å². The highest BCUT2D eigenvalue weighted by Gasteiger charge is 2.36. The van der Waals surface area contributed by atoms with E-state index in [2.05, 4.69) is 6.07 Å². The lowest BCUT2D eigenvalue weighted by molar-refractivity contribution is -0.137. The number of nitrogens with zero attached hydrogens (tertiary/aromatic N) is 2. The van der Waals surface area contributed by atoms with Gasteiger partial charge >= 0.3 is 6.18 Å². The number of nitrogen functional groups attached to an aromatic ring is 1. The van der Waals surface area contributed by atoms with Crippen molar-refractivity contribution in [3.8, 4) is 11.8 Å². The Morgan fingerprint density at radius 2 is 1.83 bits per heavy atom. The Kier molecular flexibility index (Phi) is 7.70. The van der Waals surface area contributed by atoms with Gasteiger partial charge in [0, 0.05) is 36.4 Å². The Morgan fingerprint density at radius 3 is 2.47 bits per heavy atom. The summed E-state index contributed by atoms with van der Waals surface area (Å²) < 4.78 is 46.0. The number of rotatable bonds is 6. The average molecular weight is 502 g/mol. The van der Waals surface area contributed by atoms with Gasteiger partial charge in [0.05, 0.1) is 29.4 Å². The summed E-state index contributed by atoms with van der Waals surface area (Å²) in [5.41, 5.74) is 7.54. The molecule has 2 aromatic rings. The van der Waals surface area contributed by atoms with Gasteiger partial charge in [0.1, 0.15) is 5.75 Å². The Hall–Kier alpha value is -2.92. The van der Waals surface area contributed by atoms with Crippen LogP contribution in [0.5, 0.6) is 5.75 Å². The summed E-state index contributed by atoms with van der Waals surface area (Å²) in [6.07, 6.45) is 2.79. The van der Waals surface area contributed by atoms with E-state index in [9.17, 15) is 18.3 Å². The van der Waals surface area contributed by atoms with Crippen molar-refractivity contribution >= 4 is 11.4 Å². The molecule has 0 radical (unpaired) electrons. The molecule has 1 aliphatic carbocycles. The number of nitriles is 1. The van der Waals surface area contributed by atoms with E-state index in [1.165, 1.54) is 49.8 Å². The number of anilines is 2. The lowest BCUT2D eigenvalue weighted by atomic mass is 9.82. The average Bonchev–Trinajstić information content (AvgIpc) is 2.87. The van der Waals surface area contributed by atoms with Crippen molar-refractivity contribution in [3.63, 3.8) is 0 Å². The number of aliphatic hydroxyl groups is 1. The second kappa shape index (κ2) is 10.6. The molecule has 2 aliphatic rings. The van der Waals surface area contributed by atoms with Crippen LogP contribution in [0.2, 0.25) is 0 Å². The van der Waals surface area contributed by atoms with E-state index in [4.69, 9.17) is 15.7 Å². The van der Waals surface area contributed by atoms with Crippen LogP contribution in [0, 0.1) is 18.3 Å². The lowest BCUT2D eigenvalue weighted by Gasteiger charge is -2.39. The van der Waals surface area contributed by atoms with E-state index >= 15 is 0 Å². The molecule has 4 rings (SSSR count). The van der Waals surface area contributed by atoms with Gasteiger partial charge in [0.25, 0.3) is 0 Å². The summed E-state index contributed by atoms with van der Waals surface area (Å²) in [6.45, 7) is 3.13. The number of alkyl halides is 3. The topological polar surface area (TPSA) is 82.5 Å². The van der Waals surface area contributed by atoms with E-state index in [1.807, 2.05) is 17.9 Å². The van der Waals surface area contributed by atoms with Crippen LogP contribution in [-0.4, -0.2) is 30.4 Å². The third-order valence-electron chi connectivity index (χ3n) is 7.86. The second-order valence-corrected chi connectivity index (χ2v) is 10.2. The minimum Gasteiger partial charge on any atom is -0.493 e. The number of hydrogen-bond donors (Lipinski definition) is 2. The van der Waals surface area contributed by atoms with Crippen LogP contribution >= 0.6 is 0 Å². The van der Waals surface area contributed by atoms with Crippen LogP contribution in [0.15, 0.2) is 30.3 Å². The first-order valence-electron chi connectivity index (χ1n) is 12.7. The van der Waals surface area contributed by atoms with Gasteiger partial charge in [0.15, 0.2) is 0 Å². The van der Waals surface area contributed by atoms with E-state index in [0.717, 1.165) is 23.1 Å². The number of hydrogen-bond acceptors (Lipinski definition) is 5. The minimum atomic E-state index is -4.59. The van der Waals surface area contributed by atoms with Crippen LogP contribution in [0.25, 0.3) is 0 Å². The second-order valence-electron chi connectivity index (χ2n) is 10.2. The number of piperidine rings is 1. The SMILES string of the molecule is Cc1c(OCCC2(O)CCN(c3ccc(C#N)c(C(F)(F)F)c3)CC2)ccc(C2CCCCC2)c1N. The number of ether oxygens (including phenoxy) is 1. The van der Waals surface area contributed by atoms with Crippen molar-refractivity contribution in [3.05, 3.63) is 52.6 Å². The highest BCUT2D eigenvalue weighted by atomic mass is 19.4. The molecule has 8 heteroatoms. The molecule has 2 fully saturated rings. The molecule has 0 spiro atoms. The summed E-state index contributed by atoms with van der Waals surface area (Å²) in [5, 5.41) is 20.1. The van der Waals surface area contributed by atoms with Crippen molar-refractivity contribution in [2.75, 3.05) is 30.3 Å². The monoisotopic (exact) mass is 501 g/mol. The summed E-state index contributed by atoms with van der Waals surface area (Å²) >= 11 is 0. The molecular formula is C28H34F3N3O2. The molecule has 0 bridgehead atoms. The molecule has 0 amide bonds. The maximum absolute atomic E-state index is 13.3. The Morgan fingerprint density at radius 1 is 1.14 bits per heavy atom. The smallest absolute Gasteiger partial charge is 0.417 e. The van der Waals surface area contributed by atoms with Crippen molar-refractivity contribution in [2.45, 2.75) is 76.0 Å². The van der Waals surface area contributed by atoms with Crippen LogP contribution < -0.4 is 15.4 Å². The molecule has 5 nitrogen and oxygen atoms in total. The predicted octanol–water partition coefficient (Wildman–Crippen LogP) is 6.32. The standard InChI is InChI=1S/C28H34F3N3O2/c1-19-25(10-9-23(26(19)33)20-5-3-2-4-6-20)36-16-13-27(35)11-14-34(15-12-27)22-8-7-21(18-32)24(17-22)28(29,30)31/h7-10,17,20,35H,2-6,11-16,33H2,1H3. The maximum atomic E-state index is 13.3. The van der Waals surface area contributed by atoms with E-state index < -0.39 is 17.3 Å². The Labute approximate surface area is 210 Å². The van der Waals surface area contributed by atoms with E-state index in [1.54, 1.807) is 6.07 Å². The van der Waals surface area contributed by atoms with Crippen molar-refractivity contribution in [1.82, 2.24) is 0 Å². The summed E-state index contributed by atoms with van der Waals surface area (Å²) in [6, 6.07) is 9.43. The quantitative estimate of drug-likeness (QED) is 0.453. The molecule has 1 saturated heterocycles. The van der Waals surface area contributed by atoms with Crippen LogP contribution in [0.4, 0.5) is 24.5 Å². The molecule has 194 valence electrons. The third-order valence-corrected chi connectivity index (χ3v) is 7.86. The zero-order chi connectivity index (χ0) is 25.9. The number of benzene rings is 2. The highest BCUT2D eigenvalue weighted by Crippen LogP contribution is 2.39. The van der Waals surface area contributed by atoms with E-state index in [0.29, 0.717) is 50.6 Å². The van der Waals surface area contributed by atoms with Gasteiger partial charge in [-0.25, -0.2) is 0 Å². The maximum Gasteiger partial charge on any atom is 0.417 e. The lowest BCUT2D eigenvalue weighted by Crippen LogP contribution is -2.45. The van der Waals surface area contributed by atoms with Gasteiger partial charge in [-0.2, -0.15) is 18.4 Å². The van der Waals surface area contributed by atoms with Crippen molar-refractivity contribution < 1.29 is 23.0 Å². The molecule has 1 saturated carbocycles. The molecule has 0 atom stereocenters. The molecule has 3 N–H and O–H groups in total. The Balaban J connectivity index is 1.33. The van der Waals surface area contributed by atoms with Crippen molar-refractivity contribution in [2.24, 2.45) is 0 Å². The molecule has 1 aliphatic heterocycles. The zero-order valence-electron chi connectivity index (χ0n) is 20.7. The fourth-order valence-corrected chi connectivity index (χ4v) is 5.50. The predicted molar refractivity (Wildman–Crippen MR) is 134 cm³/mol. The summed E-state index contributed by atoms with van der Waals surface area (Å²) in [5.74, 6) is 1.24. The van der Waals surface area contributed by atoms with Gasteiger partial charge in [-0.3, -0.25) is 0 Å².